The number of aliphatic hydroxyl groups excluding tert-OH is 1. The zero-order chi connectivity index (χ0) is 23.5. The van der Waals surface area contributed by atoms with Gasteiger partial charge >= 0.3 is 0 Å². The molecule has 0 amide bonds. The number of aromatic nitrogens is 2. The van der Waals surface area contributed by atoms with Crippen LogP contribution in [0.2, 0.25) is 0 Å². The van der Waals surface area contributed by atoms with E-state index < -0.39 is 23.9 Å². The molecule has 0 aliphatic heterocycles. The van der Waals surface area contributed by atoms with E-state index in [9.17, 15) is 9.90 Å². The predicted octanol–water partition coefficient (Wildman–Crippen LogP) is 3.81. The molecule has 0 aliphatic rings. The number of anilines is 2. The number of benzene rings is 3. The van der Waals surface area contributed by atoms with Crippen molar-refractivity contribution in [3.8, 4) is 17.2 Å². The molecule has 3 aromatic carbocycles. The number of halogens is 2. The minimum Gasteiger partial charge on any atom is -0.493 e. The highest BCUT2D eigenvalue weighted by Crippen LogP contribution is 2.40. The van der Waals surface area contributed by atoms with Gasteiger partial charge in [0.25, 0.3) is 5.56 Å². The third kappa shape index (κ3) is 3.98. The van der Waals surface area contributed by atoms with Gasteiger partial charge in [-0.3, -0.25) is 9.36 Å². The van der Waals surface area contributed by atoms with E-state index in [0.29, 0.717) is 11.2 Å². The molecule has 33 heavy (non-hydrogen) atoms. The molecule has 0 bridgehead atoms. The highest BCUT2D eigenvalue weighted by Gasteiger charge is 2.26. The zero-order valence-electron chi connectivity index (χ0n) is 18.0. The van der Waals surface area contributed by atoms with Crippen molar-refractivity contribution in [3.63, 3.8) is 0 Å². The Bertz CT molecular complexity index is 1330. The second-order valence-electron chi connectivity index (χ2n) is 7.09. The first-order valence-electron chi connectivity index (χ1n) is 10.0. The van der Waals surface area contributed by atoms with Gasteiger partial charge < -0.3 is 19.5 Å². The maximum absolute atomic E-state index is 15.2. The molecule has 0 saturated heterocycles. The van der Waals surface area contributed by atoms with Crippen LogP contribution in [0.5, 0.6) is 11.5 Å². The van der Waals surface area contributed by atoms with E-state index in [4.69, 9.17) is 9.47 Å². The van der Waals surface area contributed by atoms with Crippen LogP contribution >= 0.6 is 0 Å². The second-order valence-corrected chi connectivity index (χ2v) is 7.09. The van der Waals surface area contributed by atoms with Gasteiger partial charge in [0, 0.05) is 18.3 Å². The third-order valence-electron chi connectivity index (χ3n) is 5.23. The smallest absolute Gasteiger partial charge is 0.265 e. The molecule has 0 fully saturated rings. The van der Waals surface area contributed by atoms with E-state index in [1.165, 1.54) is 36.1 Å². The Morgan fingerprint density at radius 1 is 1.00 bits per heavy atom. The van der Waals surface area contributed by atoms with Crippen molar-refractivity contribution in [2.45, 2.75) is 0 Å². The predicted molar refractivity (Wildman–Crippen MR) is 121 cm³/mol. The Hall–Kier alpha value is -3.98. The highest BCUT2D eigenvalue weighted by molar-refractivity contribution is 5.84. The second kappa shape index (κ2) is 9.25. The van der Waals surface area contributed by atoms with Gasteiger partial charge in [-0.15, -0.1) is 0 Å². The SMILES string of the molecule is COc1cc(OC)c(F)c(N(CCO)c2ccc3ncn(-c4ccccc4)c(=O)c3c2)c1F. The summed E-state index contributed by atoms with van der Waals surface area (Å²) in [5.74, 6) is -2.37. The molecule has 1 aromatic heterocycles. The summed E-state index contributed by atoms with van der Waals surface area (Å²) in [6, 6.07) is 14.7. The quantitative estimate of drug-likeness (QED) is 0.459. The average molecular weight is 453 g/mol. The normalized spacial score (nSPS) is 10.9. The molecule has 9 heteroatoms. The standard InChI is InChI=1S/C24H21F2N3O4/c1-32-19-13-20(33-2)22(26)23(21(19)25)28(10-11-30)16-8-9-18-17(12-16)24(31)29(14-27-18)15-6-4-3-5-7-15/h3-9,12-14,30H,10-11H2,1-2H3. The summed E-state index contributed by atoms with van der Waals surface area (Å²) in [7, 11) is 2.51. The molecule has 0 radical (unpaired) electrons. The summed E-state index contributed by atoms with van der Waals surface area (Å²) in [6.07, 6.45) is 1.43. The van der Waals surface area contributed by atoms with Crippen LogP contribution in [0.25, 0.3) is 16.6 Å². The molecule has 0 atom stereocenters. The van der Waals surface area contributed by atoms with Gasteiger partial charge in [0.2, 0.25) is 0 Å². The lowest BCUT2D eigenvalue weighted by Gasteiger charge is -2.26. The van der Waals surface area contributed by atoms with Crippen LogP contribution in [0.15, 0.2) is 65.7 Å². The Morgan fingerprint density at radius 3 is 2.27 bits per heavy atom. The molecule has 1 heterocycles. The topological polar surface area (TPSA) is 76.8 Å². The number of ether oxygens (including phenoxy) is 2. The molecular weight excluding hydrogens is 432 g/mol. The summed E-state index contributed by atoms with van der Waals surface area (Å²) in [4.78, 5) is 18.8. The highest BCUT2D eigenvalue weighted by atomic mass is 19.1. The van der Waals surface area contributed by atoms with Crippen LogP contribution in [-0.2, 0) is 0 Å². The number of hydrogen-bond acceptors (Lipinski definition) is 6. The summed E-state index contributed by atoms with van der Waals surface area (Å²) < 4.78 is 41.8. The fourth-order valence-corrected chi connectivity index (χ4v) is 3.63. The van der Waals surface area contributed by atoms with E-state index in [-0.39, 0.29) is 34.7 Å². The first-order valence-corrected chi connectivity index (χ1v) is 10.0. The van der Waals surface area contributed by atoms with Crippen molar-refractivity contribution in [3.05, 3.63) is 82.9 Å². The number of rotatable bonds is 7. The van der Waals surface area contributed by atoms with Crippen molar-refractivity contribution in [2.75, 3.05) is 32.3 Å². The summed E-state index contributed by atoms with van der Waals surface area (Å²) >= 11 is 0. The van der Waals surface area contributed by atoms with Crippen LogP contribution in [0, 0.1) is 11.6 Å². The van der Waals surface area contributed by atoms with E-state index in [0.717, 1.165) is 6.07 Å². The zero-order valence-corrected chi connectivity index (χ0v) is 18.0. The van der Waals surface area contributed by atoms with Crippen molar-refractivity contribution in [1.82, 2.24) is 9.55 Å². The maximum atomic E-state index is 15.2. The van der Waals surface area contributed by atoms with Crippen LogP contribution in [0.3, 0.4) is 0 Å². The molecule has 4 rings (SSSR count). The fraction of sp³-hybridized carbons (Fsp3) is 0.167. The lowest BCUT2D eigenvalue weighted by molar-refractivity contribution is 0.304. The number of aliphatic hydroxyl groups is 1. The Kier molecular flexibility index (Phi) is 6.23. The number of methoxy groups -OCH3 is 2. The lowest BCUT2D eigenvalue weighted by atomic mass is 10.1. The Balaban J connectivity index is 1.92. The molecule has 1 N–H and O–H groups in total. The van der Waals surface area contributed by atoms with E-state index >= 15 is 8.78 Å². The molecule has 0 saturated carbocycles. The number of para-hydroxylation sites is 1. The minimum absolute atomic E-state index is 0.150. The lowest BCUT2D eigenvalue weighted by Crippen LogP contribution is -2.25. The first kappa shape index (κ1) is 22.2. The van der Waals surface area contributed by atoms with Crippen LogP contribution in [-0.4, -0.2) is 42.0 Å². The van der Waals surface area contributed by atoms with E-state index in [1.807, 2.05) is 6.07 Å². The summed E-state index contributed by atoms with van der Waals surface area (Å²) in [5, 5.41) is 9.88. The van der Waals surface area contributed by atoms with Gasteiger partial charge in [-0.05, 0) is 30.3 Å². The summed E-state index contributed by atoms with van der Waals surface area (Å²) in [5.41, 5.74) is 0.524. The molecular formula is C24H21F2N3O4. The van der Waals surface area contributed by atoms with E-state index in [2.05, 4.69) is 4.98 Å². The van der Waals surface area contributed by atoms with Crippen LogP contribution in [0.1, 0.15) is 0 Å². The van der Waals surface area contributed by atoms with Crippen molar-refractivity contribution in [1.29, 1.82) is 0 Å². The van der Waals surface area contributed by atoms with Gasteiger partial charge in [-0.1, -0.05) is 18.2 Å². The van der Waals surface area contributed by atoms with Crippen molar-refractivity contribution in [2.24, 2.45) is 0 Å². The average Bonchev–Trinajstić information content (AvgIpc) is 2.84. The monoisotopic (exact) mass is 453 g/mol. The van der Waals surface area contributed by atoms with Gasteiger partial charge in [0.1, 0.15) is 12.0 Å². The molecule has 4 aromatic rings. The van der Waals surface area contributed by atoms with Crippen LogP contribution in [0.4, 0.5) is 20.2 Å². The van der Waals surface area contributed by atoms with Gasteiger partial charge in [-0.2, -0.15) is 0 Å². The number of nitrogens with zero attached hydrogens (tertiary/aromatic N) is 3. The molecule has 0 aliphatic carbocycles. The maximum Gasteiger partial charge on any atom is 0.265 e. The van der Waals surface area contributed by atoms with Crippen LogP contribution < -0.4 is 19.9 Å². The fourth-order valence-electron chi connectivity index (χ4n) is 3.63. The molecule has 170 valence electrons. The van der Waals surface area contributed by atoms with E-state index in [1.54, 1.807) is 36.4 Å². The van der Waals surface area contributed by atoms with Crippen molar-refractivity contribution >= 4 is 22.3 Å². The third-order valence-corrected chi connectivity index (χ3v) is 5.23. The van der Waals surface area contributed by atoms with Gasteiger partial charge in [-0.25, -0.2) is 13.8 Å². The number of fused-ring (bicyclic) bond motifs is 1. The first-order chi connectivity index (χ1) is 16.0. The molecule has 0 unspecified atom stereocenters. The Labute approximate surface area is 188 Å². The van der Waals surface area contributed by atoms with Crippen molar-refractivity contribution < 1.29 is 23.4 Å². The molecule has 7 nitrogen and oxygen atoms in total. The van der Waals surface area contributed by atoms with Gasteiger partial charge in [0.15, 0.2) is 23.1 Å². The number of hydrogen-bond donors (Lipinski definition) is 1. The minimum atomic E-state index is -0.961. The summed E-state index contributed by atoms with van der Waals surface area (Å²) in [6.45, 7) is -0.555. The largest absolute Gasteiger partial charge is 0.493 e. The molecule has 0 spiro atoms. The Morgan fingerprint density at radius 2 is 1.67 bits per heavy atom. The van der Waals surface area contributed by atoms with Gasteiger partial charge in [0.05, 0.1) is 37.4 Å².